The minimum atomic E-state index is -1.12. The molecule has 0 unspecified atom stereocenters. The molecule has 0 saturated carbocycles. The highest BCUT2D eigenvalue weighted by Gasteiger charge is 2.25. The fourth-order valence-electron chi connectivity index (χ4n) is 1.11. The van der Waals surface area contributed by atoms with Gasteiger partial charge in [0.2, 0.25) is 5.91 Å². The van der Waals surface area contributed by atoms with E-state index in [0.717, 1.165) is 11.3 Å². The van der Waals surface area contributed by atoms with E-state index in [0.29, 0.717) is 0 Å². The third kappa shape index (κ3) is 3.95. The van der Waals surface area contributed by atoms with Crippen molar-refractivity contribution in [2.24, 2.45) is 11.1 Å². The van der Waals surface area contributed by atoms with Crippen LogP contribution in [0.15, 0.2) is 11.4 Å². The van der Waals surface area contributed by atoms with Crippen molar-refractivity contribution >= 4 is 34.2 Å². The van der Waals surface area contributed by atoms with Gasteiger partial charge in [-0.3, -0.25) is 10.1 Å². The number of carbonyl (C=O) groups is 3. The number of rotatable bonds is 5. The first kappa shape index (κ1) is 15.0. The normalized spacial score (nSPS) is 10.8. The molecule has 19 heavy (non-hydrogen) atoms. The van der Waals surface area contributed by atoms with Gasteiger partial charge in [-0.25, -0.2) is 9.59 Å². The van der Waals surface area contributed by atoms with Crippen molar-refractivity contribution < 1.29 is 19.5 Å². The SMILES string of the molecule is CC(C)(CNC(=O)Nc1sccc1C(=O)O)C(N)=O. The summed E-state index contributed by atoms with van der Waals surface area (Å²) >= 11 is 1.10. The molecular formula is C11H15N3O4S. The van der Waals surface area contributed by atoms with Crippen molar-refractivity contribution in [3.05, 3.63) is 17.0 Å². The Kier molecular flexibility index (Phi) is 4.49. The van der Waals surface area contributed by atoms with Gasteiger partial charge in [-0.05, 0) is 25.3 Å². The Balaban J connectivity index is 2.59. The van der Waals surface area contributed by atoms with E-state index < -0.39 is 23.3 Å². The molecule has 0 atom stereocenters. The fourth-order valence-corrected chi connectivity index (χ4v) is 1.88. The minimum Gasteiger partial charge on any atom is -0.478 e. The molecule has 1 aromatic rings. The van der Waals surface area contributed by atoms with Crippen LogP contribution < -0.4 is 16.4 Å². The molecule has 3 amide bonds. The second-order valence-corrected chi connectivity index (χ2v) is 5.44. The molecule has 0 spiro atoms. The van der Waals surface area contributed by atoms with Gasteiger partial charge < -0.3 is 16.2 Å². The number of primary amides is 1. The Hall–Kier alpha value is -2.09. The number of hydrogen-bond acceptors (Lipinski definition) is 4. The van der Waals surface area contributed by atoms with Crippen LogP contribution in [0, 0.1) is 5.41 Å². The number of carboxylic acids is 1. The number of thiophene rings is 1. The highest BCUT2D eigenvalue weighted by Crippen LogP contribution is 2.23. The maximum absolute atomic E-state index is 11.6. The number of hydrogen-bond donors (Lipinski definition) is 4. The van der Waals surface area contributed by atoms with Gasteiger partial charge >= 0.3 is 12.0 Å². The van der Waals surface area contributed by atoms with Gasteiger partial charge in [-0.1, -0.05) is 0 Å². The summed E-state index contributed by atoms with van der Waals surface area (Å²) in [5.41, 5.74) is 4.32. The summed E-state index contributed by atoms with van der Waals surface area (Å²) in [6, 6.07) is 0.815. The van der Waals surface area contributed by atoms with Crippen LogP contribution in [0.4, 0.5) is 9.80 Å². The van der Waals surface area contributed by atoms with Crippen LogP contribution in [0.2, 0.25) is 0 Å². The zero-order valence-corrected chi connectivity index (χ0v) is 11.3. The lowest BCUT2D eigenvalue weighted by atomic mass is 9.93. The molecule has 0 radical (unpaired) electrons. The molecule has 5 N–H and O–H groups in total. The second kappa shape index (κ2) is 5.70. The first-order valence-electron chi connectivity index (χ1n) is 5.39. The number of aromatic carboxylic acids is 1. The van der Waals surface area contributed by atoms with Crippen LogP contribution in [0.3, 0.4) is 0 Å². The largest absolute Gasteiger partial charge is 0.478 e. The van der Waals surface area contributed by atoms with Crippen molar-refractivity contribution in [3.63, 3.8) is 0 Å². The molecule has 1 rings (SSSR count). The summed E-state index contributed by atoms with van der Waals surface area (Å²) in [6.07, 6.45) is 0. The van der Waals surface area contributed by atoms with Crippen LogP contribution in [-0.2, 0) is 4.79 Å². The average Bonchev–Trinajstić information content (AvgIpc) is 2.74. The van der Waals surface area contributed by atoms with Crippen molar-refractivity contribution in [1.29, 1.82) is 0 Å². The molecule has 0 fully saturated rings. The van der Waals surface area contributed by atoms with Gasteiger partial charge in [0.1, 0.15) is 5.00 Å². The smallest absolute Gasteiger partial charge is 0.338 e. The summed E-state index contributed by atoms with van der Waals surface area (Å²) in [5, 5.41) is 15.6. The molecule has 0 bridgehead atoms. The second-order valence-electron chi connectivity index (χ2n) is 4.52. The summed E-state index contributed by atoms with van der Waals surface area (Å²) in [4.78, 5) is 33.5. The number of anilines is 1. The van der Waals surface area contributed by atoms with E-state index in [1.54, 1.807) is 19.2 Å². The zero-order valence-electron chi connectivity index (χ0n) is 10.5. The minimum absolute atomic E-state index is 0.0225. The molecule has 1 aromatic heterocycles. The first-order chi connectivity index (χ1) is 8.74. The molecule has 0 aliphatic heterocycles. The van der Waals surface area contributed by atoms with Crippen LogP contribution >= 0.6 is 11.3 Å². The van der Waals surface area contributed by atoms with Crippen molar-refractivity contribution in [3.8, 4) is 0 Å². The van der Waals surface area contributed by atoms with Gasteiger partial charge in [-0.2, -0.15) is 0 Å². The highest BCUT2D eigenvalue weighted by atomic mass is 32.1. The van der Waals surface area contributed by atoms with Gasteiger partial charge in [-0.15, -0.1) is 11.3 Å². The quantitative estimate of drug-likeness (QED) is 0.646. The third-order valence-corrected chi connectivity index (χ3v) is 3.31. The van der Waals surface area contributed by atoms with Gasteiger partial charge in [0.15, 0.2) is 0 Å². The Bertz CT molecular complexity index is 510. The number of urea groups is 1. The molecule has 0 aliphatic rings. The predicted molar refractivity (Wildman–Crippen MR) is 71.3 cm³/mol. The van der Waals surface area contributed by atoms with E-state index in [9.17, 15) is 14.4 Å². The van der Waals surface area contributed by atoms with Gasteiger partial charge in [0.25, 0.3) is 0 Å². The Morgan fingerprint density at radius 1 is 1.42 bits per heavy atom. The van der Waals surface area contributed by atoms with Gasteiger partial charge in [0.05, 0.1) is 11.0 Å². The molecular weight excluding hydrogens is 270 g/mol. The van der Waals surface area contributed by atoms with Crippen LogP contribution in [0.1, 0.15) is 24.2 Å². The summed E-state index contributed by atoms with van der Waals surface area (Å²) in [6.45, 7) is 3.26. The van der Waals surface area contributed by atoms with E-state index in [1.165, 1.54) is 6.07 Å². The van der Waals surface area contributed by atoms with Crippen LogP contribution in [0.5, 0.6) is 0 Å². The molecule has 1 heterocycles. The molecule has 8 heteroatoms. The fraction of sp³-hybridized carbons (Fsp3) is 0.364. The van der Waals surface area contributed by atoms with Gasteiger partial charge in [0, 0.05) is 6.54 Å². The number of amides is 3. The van der Waals surface area contributed by atoms with Crippen molar-refractivity contribution in [2.75, 3.05) is 11.9 Å². The molecule has 0 aromatic carbocycles. The van der Waals surface area contributed by atoms with Crippen molar-refractivity contribution in [1.82, 2.24) is 5.32 Å². The molecule has 104 valence electrons. The molecule has 0 saturated heterocycles. The van der Waals surface area contributed by atoms with E-state index in [2.05, 4.69) is 10.6 Å². The van der Waals surface area contributed by atoms with E-state index in [4.69, 9.17) is 10.8 Å². The Morgan fingerprint density at radius 2 is 2.05 bits per heavy atom. The molecule has 0 aliphatic carbocycles. The van der Waals surface area contributed by atoms with Crippen LogP contribution in [-0.4, -0.2) is 29.6 Å². The number of nitrogens with two attached hydrogens (primary N) is 1. The lowest BCUT2D eigenvalue weighted by Gasteiger charge is -2.20. The van der Waals surface area contributed by atoms with E-state index in [-0.39, 0.29) is 17.1 Å². The standard InChI is InChI=1S/C11H15N3O4S/c1-11(2,9(12)17)5-13-10(18)14-7-6(8(15)16)3-4-19-7/h3-4H,5H2,1-2H3,(H2,12,17)(H,15,16)(H2,13,14,18). The van der Waals surface area contributed by atoms with E-state index >= 15 is 0 Å². The predicted octanol–water partition coefficient (Wildman–Crippen LogP) is 1.08. The summed E-state index contributed by atoms with van der Waals surface area (Å²) in [7, 11) is 0. The van der Waals surface area contributed by atoms with E-state index in [1.807, 2.05) is 0 Å². The topological polar surface area (TPSA) is 122 Å². The maximum Gasteiger partial charge on any atom is 0.338 e. The average molecular weight is 285 g/mol. The monoisotopic (exact) mass is 285 g/mol. The lowest BCUT2D eigenvalue weighted by Crippen LogP contribution is -2.43. The lowest BCUT2D eigenvalue weighted by molar-refractivity contribution is -0.125. The number of carboxylic acid groups (broad SMARTS) is 1. The summed E-state index contributed by atoms with van der Waals surface area (Å²) < 4.78 is 0. The number of nitrogens with one attached hydrogen (secondary N) is 2. The van der Waals surface area contributed by atoms with Crippen LogP contribution in [0.25, 0.3) is 0 Å². The Morgan fingerprint density at radius 3 is 2.58 bits per heavy atom. The highest BCUT2D eigenvalue weighted by molar-refractivity contribution is 7.14. The third-order valence-electron chi connectivity index (χ3n) is 2.48. The maximum atomic E-state index is 11.6. The number of carbonyl (C=O) groups excluding carboxylic acids is 2. The van der Waals surface area contributed by atoms with Crippen molar-refractivity contribution in [2.45, 2.75) is 13.8 Å². The Labute approximate surface area is 113 Å². The zero-order chi connectivity index (χ0) is 14.6. The summed E-state index contributed by atoms with van der Waals surface area (Å²) in [5.74, 6) is -1.65. The molecule has 7 nitrogen and oxygen atoms in total. The first-order valence-corrected chi connectivity index (χ1v) is 6.27.